The zero-order valence-electron chi connectivity index (χ0n) is 12.6. The molecule has 0 spiro atoms. The van der Waals surface area contributed by atoms with Gasteiger partial charge in [0, 0.05) is 32.4 Å². The number of morpholine rings is 1. The van der Waals surface area contributed by atoms with Crippen molar-refractivity contribution in [1.82, 2.24) is 15.2 Å². The molecule has 0 radical (unpaired) electrons. The van der Waals surface area contributed by atoms with Gasteiger partial charge in [0.1, 0.15) is 5.82 Å². The first-order valence-electron chi connectivity index (χ1n) is 7.19. The van der Waals surface area contributed by atoms with Gasteiger partial charge in [-0.05, 0) is 19.9 Å². The molecule has 0 bridgehead atoms. The van der Waals surface area contributed by atoms with Crippen LogP contribution in [0, 0.1) is 0 Å². The summed E-state index contributed by atoms with van der Waals surface area (Å²) in [7, 11) is 0. The van der Waals surface area contributed by atoms with E-state index >= 15 is 0 Å². The van der Waals surface area contributed by atoms with Crippen molar-refractivity contribution in [3.63, 3.8) is 0 Å². The molecule has 2 heterocycles. The van der Waals surface area contributed by atoms with E-state index in [1.54, 1.807) is 11.0 Å². The fraction of sp³-hybridized carbons (Fsp3) is 0.571. The monoisotopic (exact) mass is 346 g/mol. The van der Waals surface area contributed by atoms with E-state index in [9.17, 15) is 4.79 Å². The number of ether oxygens (including phenoxy) is 1. The fourth-order valence-electron chi connectivity index (χ4n) is 2.35. The Morgan fingerprint density at radius 1 is 1.36 bits per heavy atom. The van der Waals surface area contributed by atoms with Gasteiger partial charge in [-0.15, -0.1) is 0 Å². The summed E-state index contributed by atoms with van der Waals surface area (Å²) in [5.41, 5.74) is 0. The largest absolute Gasteiger partial charge is 0.372 e. The summed E-state index contributed by atoms with van der Waals surface area (Å²) in [6, 6.07) is 1.53. The van der Waals surface area contributed by atoms with Gasteiger partial charge < -0.3 is 20.3 Å². The Labute approximate surface area is 140 Å². The predicted octanol–water partition coefficient (Wildman–Crippen LogP) is 2.62. The molecule has 1 saturated heterocycles. The van der Waals surface area contributed by atoms with E-state index in [1.165, 1.54) is 6.20 Å². The number of carbonyl (C=O) groups excluding carboxylic acids is 1. The van der Waals surface area contributed by atoms with Crippen LogP contribution in [0.5, 0.6) is 0 Å². The van der Waals surface area contributed by atoms with Crippen molar-refractivity contribution < 1.29 is 9.53 Å². The highest BCUT2D eigenvalue weighted by atomic mass is 35.5. The Morgan fingerprint density at radius 3 is 2.68 bits per heavy atom. The van der Waals surface area contributed by atoms with E-state index in [2.05, 4.69) is 15.6 Å². The average molecular weight is 347 g/mol. The van der Waals surface area contributed by atoms with Gasteiger partial charge in [-0.25, -0.2) is 9.78 Å². The molecule has 2 rings (SSSR count). The van der Waals surface area contributed by atoms with Gasteiger partial charge in [-0.3, -0.25) is 0 Å². The maximum absolute atomic E-state index is 12.1. The Bertz CT molecular complexity index is 520. The van der Waals surface area contributed by atoms with Gasteiger partial charge >= 0.3 is 6.03 Å². The first kappa shape index (κ1) is 17.1. The van der Waals surface area contributed by atoms with E-state index in [4.69, 9.17) is 27.9 Å². The lowest BCUT2D eigenvalue weighted by Crippen LogP contribution is -2.52. The van der Waals surface area contributed by atoms with E-state index < -0.39 is 0 Å². The van der Waals surface area contributed by atoms with Crippen molar-refractivity contribution in [3.05, 3.63) is 22.3 Å². The number of nitrogens with zero attached hydrogens (tertiary/aromatic N) is 2. The molecule has 2 atom stereocenters. The minimum absolute atomic E-state index is 0.0599. The highest BCUT2D eigenvalue weighted by Crippen LogP contribution is 2.22. The predicted molar refractivity (Wildman–Crippen MR) is 87.7 cm³/mol. The molecule has 1 aromatic rings. The zero-order chi connectivity index (χ0) is 16.1. The third-order valence-electron chi connectivity index (χ3n) is 3.21. The summed E-state index contributed by atoms with van der Waals surface area (Å²) in [4.78, 5) is 17.9. The highest BCUT2D eigenvalue weighted by Gasteiger charge is 2.25. The van der Waals surface area contributed by atoms with E-state index in [0.29, 0.717) is 42.0 Å². The second-order valence-corrected chi connectivity index (χ2v) is 6.15. The van der Waals surface area contributed by atoms with Gasteiger partial charge in [0.15, 0.2) is 0 Å². The van der Waals surface area contributed by atoms with Crippen molar-refractivity contribution in [2.45, 2.75) is 26.1 Å². The molecule has 122 valence electrons. The third kappa shape index (κ3) is 4.90. The average Bonchev–Trinajstić information content (AvgIpc) is 2.44. The number of pyridine rings is 1. The van der Waals surface area contributed by atoms with E-state index in [1.807, 2.05) is 13.8 Å². The minimum atomic E-state index is -0.0843. The second kappa shape index (κ2) is 7.85. The Hall–Kier alpha value is -1.24. The zero-order valence-corrected chi connectivity index (χ0v) is 14.1. The molecule has 2 N–H and O–H groups in total. The molecule has 0 saturated carbocycles. The van der Waals surface area contributed by atoms with Crippen LogP contribution in [0.15, 0.2) is 12.3 Å². The molecule has 8 heteroatoms. The van der Waals surface area contributed by atoms with Crippen LogP contribution in [0.25, 0.3) is 0 Å². The van der Waals surface area contributed by atoms with Gasteiger partial charge in [0.25, 0.3) is 0 Å². The van der Waals surface area contributed by atoms with Gasteiger partial charge in [0.2, 0.25) is 0 Å². The molecule has 1 fully saturated rings. The number of hydrogen-bond donors (Lipinski definition) is 2. The first-order chi connectivity index (χ1) is 10.5. The lowest BCUT2D eigenvalue weighted by molar-refractivity contribution is -0.0544. The summed E-state index contributed by atoms with van der Waals surface area (Å²) in [5.74, 6) is 0.550. The van der Waals surface area contributed by atoms with Gasteiger partial charge in [-0.2, -0.15) is 0 Å². The normalized spacial score (nSPS) is 21.5. The van der Waals surface area contributed by atoms with Crippen LogP contribution in [0.2, 0.25) is 10.0 Å². The third-order valence-corrected chi connectivity index (χ3v) is 3.70. The van der Waals surface area contributed by atoms with Crippen molar-refractivity contribution in [1.29, 1.82) is 0 Å². The van der Waals surface area contributed by atoms with Crippen molar-refractivity contribution >= 4 is 35.1 Å². The van der Waals surface area contributed by atoms with Crippen molar-refractivity contribution in [2.24, 2.45) is 0 Å². The SMILES string of the molecule is CC1CN(C(=O)NCCNc2ncc(Cl)cc2Cl)CC(C)O1. The van der Waals surface area contributed by atoms with Crippen molar-refractivity contribution in [2.75, 3.05) is 31.5 Å². The number of carbonyl (C=O) groups is 1. The summed E-state index contributed by atoms with van der Waals surface area (Å²) in [6.45, 7) is 6.13. The molecule has 2 amide bonds. The molecule has 0 aliphatic carbocycles. The molecule has 2 unspecified atom stereocenters. The summed E-state index contributed by atoms with van der Waals surface area (Å²) >= 11 is 11.8. The number of anilines is 1. The molecule has 1 aliphatic rings. The molecule has 0 aromatic carbocycles. The van der Waals surface area contributed by atoms with Crippen LogP contribution in [0.3, 0.4) is 0 Å². The number of aromatic nitrogens is 1. The first-order valence-corrected chi connectivity index (χ1v) is 7.94. The topological polar surface area (TPSA) is 66.5 Å². The smallest absolute Gasteiger partial charge is 0.317 e. The highest BCUT2D eigenvalue weighted by molar-refractivity contribution is 6.35. The van der Waals surface area contributed by atoms with Crippen molar-refractivity contribution in [3.8, 4) is 0 Å². The maximum atomic E-state index is 12.1. The Balaban J connectivity index is 1.73. The van der Waals surface area contributed by atoms with Crippen LogP contribution in [0.1, 0.15) is 13.8 Å². The number of amides is 2. The van der Waals surface area contributed by atoms with Crippen LogP contribution in [-0.2, 0) is 4.74 Å². The lowest BCUT2D eigenvalue weighted by Gasteiger charge is -2.35. The second-order valence-electron chi connectivity index (χ2n) is 5.30. The molecule has 1 aliphatic heterocycles. The number of rotatable bonds is 4. The van der Waals surface area contributed by atoms with Gasteiger partial charge in [0.05, 0.1) is 22.3 Å². The Kier molecular flexibility index (Phi) is 6.11. The summed E-state index contributed by atoms with van der Waals surface area (Å²) in [6.07, 6.45) is 1.64. The van der Waals surface area contributed by atoms with Crippen LogP contribution < -0.4 is 10.6 Å². The van der Waals surface area contributed by atoms with E-state index in [-0.39, 0.29) is 18.2 Å². The number of hydrogen-bond acceptors (Lipinski definition) is 4. The molecule has 22 heavy (non-hydrogen) atoms. The minimum Gasteiger partial charge on any atom is -0.372 e. The fourth-order valence-corrected chi connectivity index (χ4v) is 2.80. The summed E-state index contributed by atoms with van der Waals surface area (Å²) < 4.78 is 5.61. The van der Waals surface area contributed by atoms with Crippen LogP contribution >= 0.6 is 23.2 Å². The van der Waals surface area contributed by atoms with Crippen LogP contribution in [0.4, 0.5) is 10.6 Å². The number of nitrogens with one attached hydrogen (secondary N) is 2. The van der Waals surface area contributed by atoms with E-state index in [0.717, 1.165) is 0 Å². The van der Waals surface area contributed by atoms with Crippen LogP contribution in [-0.4, -0.2) is 54.3 Å². The molecular formula is C14H20Cl2N4O2. The molecular weight excluding hydrogens is 327 g/mol. The lowest BCUT2D eigenvalue weighted by atomic mass is 10.2. The quantitative estimate of drug-likeness (QED) is 0.822. The molecule has 1 aromatic heterocycles. The van der Waals surface area contributed by atoms with Gasteiger partial charge in [-0.1, -0.05) is 23.2 Å². The maximum Gasteiger partial charge on any atom is 0.317 e. The number of urea groups is 1. The standard InChI is InChI=1S/C14H20Cl2N4O2/c1-9-7-20(8-10(2)22-9)14(21)18-4-3-17-13-12(16)5-11(15)6-19-13/h5-6,9-10H,3-4,7-8H2,1-2H3,(H,17,19)(H,18,21). The molecule has 6 nitrogen and oxygen atoms in total. The Morgan fingerprint density at radius 2 is 2.05 bits per heavy atom. The number of halogens is 2. The summed E-state index contributed by atoms with van der Waals surface area (Å²) in [5, 5.41) is 6.86.